The predicted octanol–water partition coefficient (Wildman–Crippen LogP) is 3.30. The van der Waals surface area contributed by atoms with Crippen molar-refractivity contribution in [3.8, 4) is 11.5 Å². The standard InChI is InChI=1S/C15H14FNO3/c1-9-3-5-11(8-12(9)16)20-14-6-4-10(7-13(14)17)15(18)19-2/h3-8H,17H2,1-2H3. The Kier molecular flexibility index (Phi) is 3.89. The maximum absolute atomic E-state index is 13.4. The van der Waals surface area contributed by atoms with Crippen LogP contribution in [0.3, 0.4) is 0 Å². The van der Waals surface area contributed by atoms with Gasteiger partial charge in [0.15, 0.2) is 0 Å². The summed E-state index contributed by atoms with van der Waals surface area (Å²) >= 11 is 0. The third-order valence-corrected chi connectivity index (χ3v) is 2.80. The normalized spacial score (nSPS) is 10.2. The number of halogens is 1. The minimum Gasteiger partial charge on any atom is -0.465 e. The molecule has 0 aromatic heterocycles. The number of anilines is 1. The summed E-state index contributed by atoms with van der Waals surface area (Å²) in [5.41, 5.74) is 6.94. The maximum atomic E-state index is 13.4. The average Bonchev–Trinajstić information content (AvgIpc) is 2.44. The Morgan fingerprint density at radius 2 is 1.95 bits per heavy atom. The third-order valence-electron chi connectivity index (χ3n) is 2.80. The molecule has 0 radical (unpaired) electrons. The second-order valence-corrected chi connectivity index (χ2v) is 4.26. The van der Waals surface area contributed by atoms with Crippen LogP contribution in [0.5, 0.6) is 11.5 Å². The predicted molar refractivity (Wildman–Crippen MR) is 73.4 cm³/mol. The first kappa shape index (κ1) is 13.9. The van der Waals surface area contributed by atoms with Crippen LogP contribution in [0.15, 0.2) is 36.4 Å². The molecule has 0 spiro atoms. The highest BCUT2D eigenvalue weighted by Gasteiger charge is 2.10. The Balaban J connectivity index is 2.25. The fraction of sp³-hybridized carbons (Fsp3) is 0.133. The van der Waals surface area contributed by atoms with Crippen molar-refractivity contribution in [3.63, 3.8) is 0 Å². The first-order valence-electron chi connectivity index (χ1n) is 5.93. The number of carbonyl (C=O) groups excluding carboxylic acids is 1. The molecule has 2 aromatic carbocycles. The lowest BCUT2D eigenvalue weighted by atomic mass is 10.2. The van der Waals surface area contributed by atoms with Crippen LogP contribution in [-0.4, -0.2) is 13.1 Å². The van der Waals surface area contributed by atoms with Crippen LogP contribution in [0.2, 0.25) is 0 Å². The lowest BCUT2D eigenvalue weighted by Gasteiger charge is -2.10. The molecule has 0 saturated heterocycles. The van der Waals surface area contributed by atoms with Gasteiger partial charge in [0.25, 0.3) is 0 Å². The van der Waals surface area contributed by atoms with E-state index in [0.29, 0.717) is 22.6 Å². The summed E-state index contributed by atoms with van der Waals surface area (Å²) in [6, 6.07) is 9.06. The Morgan fingerprint density at radius 1 is 1.20 bits per heavy atom. The topological polar surface area (TPSA) is 61.5 Å². The molecule has 2 rings (SSSR count). The number of ether oxygens (including phenoxy) is 2. The first-order valence-corrected chi connectivity index (χ1v) is 5.93. The molecular formula is C15H14FNO3. The molecule has 20 heavy (non-hydrogen) atoms. The zero-order valence-electron chi connectivity index (χ0n) is 11.1. The Morgan fingerprint density at radius 3 is 2.55 bits per heavy atom. The van der Waals surface area contributed by atoms with Crippen molar-refractivity contribution in [1.82, 2.24) is 0 Å². The molecule has 0 bridgehead atoms. The summed E-state index contributed by atoms with van der Waals surface area (Å²) in [5.74, 6) is -0.150. The second kappa shape index (κ2) is 5.61. The fourth-order valence-electron chi connectivity index (χ4n) is 1.65. The molecule has 4 nitrogen and oxygen atoms in total. The Labute approximate surface area is 115 Å². The van der Waals surface area contributed by atoms with E-state index in [0.717, 1.165) is 0 Å². The number of benzene rings is 2. The van der Waals surface area contributed by atoms with Gasteiger partial charge in [-0.1, -0.05) is 6.07 Å². The zero-order chi connectivity index (χ0) is 14.7. The van der Waals surface area contributed by atoms with Gasteiger partial charge in [0.05, 0.1) is 18.4 Å². The van der Waals surface area contributed by atoms with Crippen molar-refractivity contribution < 1.29 is 18.7 Å². The summed E-state index contributed by atoms with van der Waals surface area (Å²) in [6.07, 6.45) is 0. The average molecular weight is 275 g/mol. The van der Waals surface area contributed by atoms with Gasteiger partial charge >= 0.3 is 5.97 Å². The molecule has 0 saturated carbocycles. The van der Waals surface area contributed by atoms with E-state index in [2.05, 4.69) is 4.74 Å². The van der Waals surface area contributed by atoms with Crippen LogP contribution in [0.25, 0.3) is 0 Å². The van der Waals surface area contributed by atoms with E-state index in [9.17, 15) is 9.18 Å². The summed E-state index contributed by atoms with van der Waals surface area (Å²) in [6.45, 7) is 1.67. The van der Waals surface area contributed by atoms with Crippen LogP contribution >= 0.6 is 0 Å². The molecule has 0 fully saturated rings. The van der Waals surface area contributed by atoms with E-state index in [1.54, 1.807) is 25.1 Å². The van der Waals surface area contributed by atoms with Gasteiger partial charge in [0.2, 0.25) is 0 Å². The van der Waals surface area contributed by atoms with E-state index in [4.69, 9.17) is 10.5 Å². The molecule has 0 unspecified atom stereocenters. The van der Waals surface area contributed by atoms with Crippen molar-refractivity contribution in [3.05, 3.63) is 53.3 Å². The lowest BCUT2D eigenvalue weighted by Crippen LogP contribution is -2.02. The van der Waals surface area contributed by atoms with Gasteiger partial charge in [0.1, 0.15) is 17.3 Å². The zero-order valence-corrected chi connectivity index (χ0v) is 11.1. The van der Waals surface area contributed by atoms with Crippen LogP contribution in [-0.2, 0) is 4.74 Å². The van der Waals surface area contributed by atoms with Gasteiger partial charge in [-0.15, -0.1) is 0 Å². The number of hydrogen-bond acceptors (Lipinski definition) is 4. The molecule has 2 aromatic rings. The number of esters is 1. The summed E-state index contributed by atoms with van der Waals surface area (Å²) in [5, 5.41) is 0. The van der Waals surface area contributed by atoms with Gasteiger partial charge in [-0.2, -0.15) is 0 Å². The van der Waals surface area contributed by atoms with Gasteiger partial charge in [-0.25, -0.2) is 9.18 Å². The number of aryl methyl sites for hydroxylation is 1. The van der Waals surface area contributed by atoms with Crippen molar-refractivity contribution >= 4 is 11.7 Å². The van der Waals surface area contributed by atoms with Crippen molar-refractivity contribution in [2.75, 3.05) is 12.8 Å². The Bertz CT molecular complexity index is 656. The molecule has 0 aliphatic rings. The Hall–Kier alpha value is -2.56. The van der Waals surface area contributed by atoms with Gasteiger partial charge < -0.3 is 15.2 Å². The molecule has 104 valence electrons. The van der Waals surface area contributed by atoms with Gasteiger partial charge in [-0.3, -0.25) is 0 Å². The van der Waals surface area contributed by atoms with Crippen molar-refractivity contribution in [2.45, 2.75) is 6.92 Å². The van der Waals surface area contributed by atoms with E-state index in [1.807, 2.05) is 0 Å². The minimum atomic E-state index is -0.482. The lowest BCUT2D eigenvalue weighted by molar-refractivity contribution is 0.0601. The number of carbonyl (C=O) groups is 1. The summed E-state index contributed by atoms with van der Waals surface area (Å²) in [4.78, 5) is 11.3. The molecule has 0 aliphatic carbocycles. The smallest absolute Gasteiger partial charge is 0.337 e. The van der Waals surface area contributed by atoms with Crippen LogP contribution in [0, 0.1) is 12.7 Å². The molecule has 0 heterocycles. The van der Waals surface area contributed by atoms with E-state index >= 15 is 0 Å². The van der Waals surface area contributed by atoms with Crippen molar-refractivity contribution in [1.29, 1.82) is 0 Å². The van der Waals surface area contributed by atoms with Crippen LogP contribution in [0.1, 0.15) is 15.9 Å². The largest absolute Gasteiger partial charge is 0.465 e. The van der Waals surface area contributed by atoms with E-state index in [1.165, 1.54) is 25.3 Å². The number of nitrogens with two attached hydrogens (primary N) is 1. The molecule has 5 heteroatoms. The highest BCUT2D eigenvalue weighted by molar-refractivity contribution is 5.90. The first-order chi connectivity index (χ1) is 9.51. The number of methoxy groups -OCH3 is 1. The fourth-order valence-corrected chi connectivity index (χ4v) is 1.65. The SMILES string of the molecule is COC(=O)c1ccc(Oc2ccc(C)c(F)c2)c(N)c1. The summed E-state index contributed by atoms with van der Waals surface area (Å²) < 4.78 is 23.5. The molecular weight excluding hydrogens is 261 g/mol. The number of nitrogen functional groups attached to an aromatic ring is 1. The third kappa shape index (κ3) is 2.88. The second-order valence-electron chi connectivity index (χ2n) is 4.26. The highest BCUT2D eigenvalue weighted by Crippen LogP contribution is 2.29. The molecule has 2 N–H and O–H groups in total. The minimum absolute atomic E-state index is 0.272. The molecule has 0 atom stereocenters. The number of rotatable bonds is 3. The molecule has 0 amide bonds. The highest BCUT2D eigenvalue weighted by atomic mass is 19.1. The quantitative estimate of drug-likeness (QED) is 0.689. The van der Waals surface area contributed by atoms with E-state index < -0.39 is 5.97 Å². The van der Waals surface area contributed by atoms with Gasteiger partial charge in [0, 0.05) is 6.07 Å². The van der Waals surface area contributed by atoms with Gasteiger partial charge in [-0.05, 0) is 36.8 Å². The molecule has 0 aliphatic heterocycles. The van der Waals surface area contributed by atoms with Crippen LogP contribution in [0.4, 0.5) is 10.1 Å². The van der Waals surface area contributed by atoms with Crippen molar-refractivity contribution in [2.24, 2.45) is 0 Å². The summed E-state index contributed by atoms with van der Waals surface area (Å²) in [7, 11) is 1.29. The number of hydrogen-bond donors (Lipinski definition) is 1. The maximum Gasteiger partial charge on any atom is 0.337 e. The van der Waals surface area contributed by atoms with Crippen LogP contribution < -0.4 is 10.5 Å². The van der Waals surface area contributed by atoms with E-state index in [-0.39, 0.29) is 11.5 Å². The monoisotopic (exact) mass is 275 g/mol.